The molecule has 1 amide bonds. The summed E-state index contributed by atoms with van der Waals surface area (Å²) >= 11 is 0. The van der Waals surface area contributed by atoms with Crippen molar-refractivity contribution in [1.29, 1.82) is 0 Å². The molecule has 3 N–H and O–H groups in total. The number of aliphatic hydroxyl groups is 1. The number of primary amides is 1. The summed E-state index contributed by atoms with van der Waals surface area (Å²) in [6.45, 7) is 0. The number of carbonyl (C=O) groups is 1. The Morgan fingerprint density at radius 1 is 1.91 bits per heavy atom. The first kappa shape index (κ1) is 8.07. The highest BCUT2D eigenvalue weighted by Gasteiger charge is 2.18. The molecule has 11 heavy (non-hydrogen) atoms. The molecule has 1 atom stereocenters. The van der Waals surface area contributed by atoms with Crippen LogP contribution in [0.4, 0.5) is 0 Å². The summed E-state index contributed by atoms with van der Waals surface area (Å²) in [4.78, 5) is 12.2. The first-order valence-electron chi connectivity index (χ1n) is 3.52. The minimum atomic E-state index is -0.474. The van der Waals surface area contributed by atoms with E-state index in [0.29, 0.717) is 18.4 Å². The molecule has 0 aromatic rings. The third-order valence-electron chi connectivity index (χ3n) is 1.82. The summed E-state index contributed by atoms with van der Waals surface area (Å²) in [6, 6.07) is 0. The topological polar surface area (TPSA) is 66.6 Å². The lowest BCUT2D eigenvalue weighted by atomic mass is 10.1. The maximum atomic E-state index is 10.7. The standard InChI is InChI=1S/C7H12N2O2/c1-9-4-5(7(8)11)2-3-6(9)10/h4,6,10H,2-3H2,1H3,(H2,8,11). The monoisotopic (exact) mass is 156 g/mol. The van der Waals surface area contributed by atoms with E-state index in [4.69, 9.17) is 5.73 Å². The third kappa shape index (κ3) is 1.71. The molecule has 1 aliphatic heterocycles. The number of nitrogens with zero attached hydrogens (tertiary/aromatic N) is 1. The molecule has 0 aromatic heterocycles. The van der Waals surface area contributed by atoms with Crippen molar-refractivity contribution in [3.05, 3.63) is 11.8 Å². The minimum absolute atomic E-state index is 0.399. The maximum absolute atomic E-state index is 10.7. The predicted octanol–water partition coefficient (Wildman–Crippen LogP) is -0.600. The van der Waals surface area contributed by atoms with Gasteiger partial charge in [0.1, 0.15) is 6.23 Å². The van der Waals surface area contributed by atoms with Gasteiger partial charge in [-0.05, 0) is 12.8 Å². The number of nitrogens with two attached hydrogens (primary N) is 1. The molecule has 0 fully saturated rings. The minimum Gasteiger partial charge on any atom is -0.374 e. The van der Waals surface area contributed by atoms with Gasteiger partial charge in [-0.15, -0.1) is 0 Å². The van der Waals surface area contributed by atoms with Crippen LogP contribution in [-0.4, -0.2) is 29.2 Å². The number of hydrogen-bond acceptors (Lipinski definition) is 3. The first-order valence-corrected chi connectivity index (χ1v) is 3.52. The van der Waals surface area contributed by atoms with Gasteiger partial charge in [0.15, 0.2) is 0 Å². The highest BCUT2D eigenvalue weighted by Crippen LogP contribution is 2.16. The Bertz CT molecular complexity index is 201. The Kier molecular flexibility index (Phi) is 2.14. The molecule has 1 aliphatic rings. The van der Waals surface area contributed by atoms with Gasteiger partial charge in [0.2, 0.25) is 5.91 Å². The van der Waals surface area contributed by atoms with E-state index in [2.05, 4.69) is 0 Å². The zero-order valence-electron chi connectivity index (χ0n) is 6.45. The van der Waals surface area contributed by atoms with Crippen molar-refractivity contribution in [3.8, 4) is 0 Å². The smallest absolute Gasteiger partial charge is 0.246 e. The van der Waals surface area contributed by atoms with Crippen molar-refractivity contribution in [3.63, 3.8) is 0 Å². The second-order valence-corrected chi connectivity index (χ2v) is 2.70. The molecule has 0 spiro atoms. The Labute approximate surface area is 65.3 Å². The summed E-state index contributed by atoms with van der Waals surface area (Å²) in [6.07, 6.45) is 2.26. The molecule has 62 valence electrons. The van der Waals surface area contributed by atoms with Crippen molar-refractivity contribution in [2.45, 2.75) is 19.1 Å². The molecule has 0 bridgehead atoms. The lowest BCUT2D eigenvalue weighted by Gasteiger charge is -2.27. The van der Waals surface area contributed by atoms with E-state index in [1.54, 1.807) is 18.1 Å². The van der Waals surface area contributed by atoms with Crippen LogP contribution >= 0.6 is 0 Å². The highest BCUT2D eigenvalue weighted by atomic mass is 16.3. The van der Waals surface area contributed by atoms with Crippen molar-refractivity contribution in [2.75, 3.05) is 7.05 Å². The fourth-order valence-corrected chi connectivity index (χ4v) is 1.07. The molecule has 1 unspecified atom stereocenters. The van der Waals surface area contributed by atoms with Gasteiger partial charge in [-0.1, -0.05) is 0 Å². The average Bonchev–Trinajstić information content (AvgIpc) is 1.94. The Hall–Kier alpha value is -1.03. The number of hydrogen-bond donors (Lipinski definition) is 2. The molecule has 0 saturated carbocycles. The zero-order chi connectivity index (χ0) is 8.43. The van der Waals surface area contributed by atoms with Gasteiger partial charge in [-0.2, -0.15) is 0 Å². The van der Waals surface area contributed by atoms with E-state index in [1.165, 1.54) is 0 Å². The van der Waals surface area contributed by atoms with Crippen LogP contribution in [0, 0.1) is 0 Å². The summed E-state index contributed by atoms with van der Waals surface area (Å²) in [5.41, 5.74) is 5.64. The molecule has 0 saturated heterocycles. The van der Waals surface area contributed by atoms with E-state index < -0.39 is 12.1 Å². The fourth-order valence-electron chi connectivity index (χ4n) is 1.07. The van der Waals surface area contributed by atoms with Gasteiger partial charge >= 0.3 is 0 Å². The molecule has 0 aromatic carbocycles. The van der Waals surface area contributed by atoms with Crippen LogP contribution in [0.2, 0.25) is 0 Å². The van der Waals surface area contributed by atoms with Gasteiger partial charge in [-0.3, -0.25) is 4.79 Å². The van der Waals surface area contributed by atoms with Crippen LogP contribution in [0.25, 0.3) is 0 Å². The second-order valence-electron chi connectivity index (χ2n) is 2.70. The highest BCUT2D eigenvalue weighted by molar-refractivity contribution is 5.91. The lowest BCUT2D eigenvalue weighted by Crippen LogP contribution is -2.32. The molecule has 4 heteroatoms. The maximum Gasteiger partial charge on any atom is 0.246 e. The molecular weight excluding hydrogens is 144 g/mol. The largest absolute Gasteiger partial charge is 0.374 e. The molecule has 0 aliphatic carbocycles. The van der Waals surface area contributed by atoms with Crippen molar-refractivity contribution >= 4 is 5.91 Å². The average molecular weight is 156 g/mol. The summed E-state index contributed by atoms with van der Waals surface area (Å²) in [5, 5.41) is 9.21. The predicted molar refractivity (Wildman–Crippen MR) is 40.3 cm³/mol. The Morgan fingerprint density at radius 3 is 3.00 bits per heavy atom. The summed E-state index contributed by atoms with van der Waals surface area (Å²) < 4.78 is 0. The van der Waals surface area contributed by atoms with E-state index in [0.717, 1.165) is 0 Å². The van der Waals surface area contributed by atoms with Crippen LogP contribution < -0.4 is 5.73 Å². The van der Waals surface area contributed by atoms with E-state index in [9.17, 15) is 9.90 Å². The summed E-state index contributed by atoms with van der Waals surface area (Å²) in [7, 11) is 1.72. The van der Waals surface area contributed by atoms with Crippen LogP contribution in [0.5, 0.6) is 0 Å². The van der Waals surface area contributed by atoms with Crippen molar-refractivity contribution in [1.82, 2.24) is 4.90 Å². The Morgan fingerprint density at radius 2 is 2.55 bits per heavy atom. The third-order valence-corrected chi connectivity index (χ3v) is 1.82. The van der Waals surface area contributed by atoms with Crippen molar-refractivity contribution < 1.29 is 9.90 Å². The molecule has 4 nitrogen and oxygen atoms in total. The van der Waals surface area contributed by atoms with Crippen LogP contribution in [-0.2, 0) is 4.79 Å². The second kappa shape index (κ2) is 2.92. The quantitative estimate of drug-likeness (QED) is 0.532. The number of carbonyl (C=O) groups excluding carboxylic acids is 1. The number of aliphatic hydroxyl groups excluding tert-OH is 1. The fraction of sp³-hybridized carbons (Fsp3) is 0.571. The number of rotatable bonds is 1. The first-order chi connectivity index (χ1) is 5.11. The lowest BCUT2D eigenvalue weighted by molar-refractivity contribution is -0.115. The van der Waals surface area contributed by atoms with E-state index in [-0.39, 0.29) is 0 Å². The van der Waals surface area contributed by atoms with Crippen LogP contribution in [0.1, 0.15) is 12.8 Å². The van der Waals surface area contributed by atoms with Gasteiger partial charge in [0.05, 0.1) is 0 Å². The number of amides is 1. The normalized spacial score (nSPS) is 24.7. The SMILES string of the molecule is CN1C=C(C(N)=O)CCC1O. The van der Waals surface area contributed by atoms with Crippen LogP contribution in [0.3, 0.4) is 0 Å². The molecule has 0 radical (unpaired) electrons. The van der Waals surface area contributed by atoms with Crippen molar-refractivity contribution in [2.24, 2.45) is 5.73 Å². The molecular formula is C7H12N2O2. The van der Waals surface area contributed by atoms with E-state index >= 15 is 0 Å². The molecule has 1 heterocycles. The Balaban J connectivity index is 2.71. The van der Waals surface area contributed by atoms with Gasteiger partial charge in [-0.25, -0.2) is 0 Å². The van der Waals surface area contributed by atoms with E-state index in [1.807, 2.05) is 0 Å². The zero-order valence-corrected chi connectivity index (χ0v) is 6.45. The van der Waals surface area contributed by atoms with Gasteiger partial charge in [0.25, 0.3) is 0 Å². The van der Waals surface area contributed by atoms with Crippen LogP contribution in [0.15, 0.2) is 11.8 Å². The van der Waals surface area contributed by atoms with Gasteiger partial charge < -0.3 is 15.7 Å². The molecule has 1 rings (SSSR count). The van der Waals surface area contributed by atoms with Gasteiger partial charge in [0, 0.05) is 18.8 Å². The summed E-state index contributed by atoms with van der Waals surface area (Å²) in [5.74, 6) is -0.399.